The second-order valence-corrected chi connectivity index (χ2v) is 4.83. The van der Waals surface area contributed by atoms with Crippen molar-refractivity contribution in [3.05, 3.63) is 58.1 Å². The van der Waals surface area contributed by atoms with E-state index in [0.29, 0.717) is 21.4 Å². The summed E-state index contributed by atoms with van der Waals surface area (Å²) in [5.74, 6) is 1.16. The second-order valence-electron chi connectivity index (χ2n) is 4.02. The lowest BCUT2D eigenvalue weighted by Gasteiger charge is -2.07. The van der Waals surface area contributed by atoms with Crippen molar-refractivity contribution in [3.63, 3.8) is 0 Å². The van der Waals surface area contributed by atoms with E-state index in [-0.39, 0.29) is 12.4 Å². The minimum atomic E-state index is -0.167. The number of ketones is 1. The number of halogens is 2. The maximum Gasteiger partial charge on any atom is 0.200 e. The summed E-state index contributed by atoms with van der Waals surface area (Å²) >= 11 is 11.7. The van der Waals surface area contributed by atoms with Crippen LogP contribution in [0.4, 0.5) is 0 Å². The van der Waals surface area contributed by atoms with E-state index in [1.807, 2.05) is 0 Å². The zero-order valence-corrected chi connectivity index (χ0v) is 12.2. The Labute approximate surface area is 127 Å². The van der Waals surface area contributed by atoms with Crippen molar-refractivity contribution in [1.29, 1.82) is 0 Å². The van der Waals surface area contributed by atoms with Crippen LogP contribution in [0.1, 0.15) is 10.4 Å². The first-order chi connectivity index (χ1) is 9.60. The third-order valence-electron chi connectivity index (χ3n) is 2.67. The molecule has 0 saturated heterocycles. The molecule has 0 unspecified atom stereocenters. The van der Waals surface area contributed by atoms with Gasteiger partial charge in [0.05, 0.1) is 17.2 Å². The van der Waals surface area contributed by atoms with Crippen LogP contribution >= 0.6 is 23.2 Å². The van der Waals surface area contributed by atoms with Gasteiger partial charge in [-0.15, -0.1) is 0 Å². The SMILES string of the molecule is COc1ccc(OCC(=O)c2ccc(Cl)c(Cl)c2)cc1. The first-order valence-corrected chi connectivity index (χ1v) is 6.61. The molecule has 3 nitrogen and oxygen atoms in total. The predicted octanol–water partition coefficient (Wildman–Crippen LogP) is 4.26. The highest BCUT2D eigenvalue weighted by Gasteiger charge is 2.09. The zero-order chi connectivity index (χ0) is 14.5. The topological polar surface area (TPSA) is 35.5 Å². The minimum Gasteiger partial charge on any atom is -0.497 e. The van der Waals surface area contributed by atoms with Crippen molar-refractivity contribution in [1.82, 2.24) is 0 Å². The molecule has 5 heteroatoms. The Kier molecular flexibility index (Phi) is 4.88. The van der Waals surface area contributed by atoms with E-state index >= 15 is 0 Å². The molecule has 0 aliphatic heterocycles. The Hall–Kier alpha value is -1.71. The Morgan fingerprint density at radius 2 is 1.65 bits per heavy atom. The van der Waals surface area contributed by atoms with Gasteiger partial charge >= 0.3 is 0 Å². The number of methoxy groups -OCH3 is 1. The average molecular weight is 311 g/mol. The summed E-state index contributed by atoms with van der Waals surface area (Å²) in [4.78, 5) is 12.0. The molecule has 0 bridgehead atoms. The smallest absolute Gasteiger partial charge is 0.200 e. The van der Waals surface area contributed by atoms with Crippen molar-refractivity contribution in [3.8, 4) is 11.5 Å². The van der Waals surface area contributed by atoms with E-state index < -0.39 is 0 Å². The van der Waals surface area contributed by atoms with Crippen molar-refractivity contribution in [2.45, 2.75) is 0 Å². The standard InChI is InChI=1S/C15H12Cl2O3/c1-19-11-3-5-12(6-4-11)20-9-15(18)10-2-7-13(16)14(17)8-10/h2-8H,9H2,1H3. The number of Topliss-reactive ketones (excluding diaryl/α,β-unsaturated/α-hetero) is 1. The van der Waals surface area contributed by atoms with Crippen LogP contribution in [0.5, 0.6) is 11.5 Å². The molecule has 0 fully saturated rings. The van der Waals surface area contributed by atoms with Crippen LogP contribution in [0.2, 0.25) is 10.0 Å². The molecule has 2 aromatic carbocycles. The van der Waals surface area contributed by atoms with Crippen LogP contribution in [0.3, 0.4) is 0 Å². The van der Waals surface area contributed by atoms with Crippen molar-refractivity contribution < 1.29 is 14.3 Å². The first kappa shape index (κ1) is 14.7. The molecular formula is C15H12Cl2O3. The van der Waals surface area contributed by atoms with Gasteiger partial charge in [-0.2, -0.15) is 0 Å². The number of ether oxygens (including phenoxy) is 2. The Morgan fingerprint density at radius 1 is 1.00 bits per heavy atom. The maximum absolute atomic E-state index is 12.0. The number of carbonyl (C=O) groups excluding carboxylic acids is 1. The van der Waals surface area contributed by atoms with Crippen LogP contribution in [-0.2, 0) is 0 Å². The largest absolute Gasteiger partial charge is 0.497 e. The minimum absolute atomic E-state index is 0.0652. The van der Waals surface area contributed by atoms with E-state index in [4.69, 9.17) is 32.7 Å². The number of carbonyl (C=O) groups is 1. The molecular weight excluding hydrogens is 299 g/mol. The van der Waals surface area contributed by atoms with Crippen molar-refractivity contribution >= 4 is 29.0 Å². The molecule has 104 valence electrons. The second kappa shape index (κ2) is 6.64. The van der Waals surface area contributed by atoms with Gasteiger partial charge in [0.25, 0.3) is 0 Å². The molecule has 0 radical (unpaired) electrons. The number of rotatable bonds is 5. The molecule has 0 heterocycles. The lowest BCUT2D eigenvalue weighted by Crippen LogP contribution is -2.11. The van der Waals surface area contributed by atoms with Crippen molar-refractivity contribution in [2.75, 3.05) is 13.7 Å². The van der Waals surface area contributed by atoms with Crippen molar-refractivity contribution in [2.24, 2.45) is 0 Å². The molecule has 0 aliphatic rings. The van der Waals surface area contributed by atoms with Gasteiger partial charge in [0, 0.05) is 5.56 Å². The number of benzene rings is 2. The van der Waals surface area contributed by atoms with Crippen LogP contribution in [-0.4, -0.2) is 19.5 Å². The summed E-state index contributed by atoms with van der Waals surface area (Å²) < 4.78 is 10.4. The van der Waals surface area contributed by atoms with E-state index in [9.17, 15) is 4.79 Å². The molecule has 0 saturated carbocycles. The molecule has 0 aliphatic carbocycles. The predicted molar refractivity (Wildman–Crippen MR) is 79.3 cm³/mol. The molecule has 2 aromatic rings. The highest BCUT2D eigenvalue weighted by atomic mass is 35.5. The molecule has 0 spiro atoms. The van der Waals surface area contributed by atoms with Gasteiger partial charge in [-0.05, 0) is 42.5 Å². The van der Waals surface area contributed by atoms with E-state index in [0.717, 1.165) is 5.75 Å². The summed E-state index contributed by atoms with van der Waals surface area (Å²) in [5, 5.41) is 0.765. The Balaban J connectivity index is 1.98. The molecule has 0 atom stereocenters. The van der Waals surface area contributed by atoms with Gasteiger partial charge < -0.3 is 9.47 Å². The average Bonchev–Trinajstić information content (AvgIpc) is 2.48. The van der Waals surface area contributed by atoms with E-state index in [2.05, 4.69) is 0 Å². The monoisotopic (exact) mass is 310 g/mol. The third kappa shape index (κ3) is 3.65. The summed E-state index contributed by atoms with van der Waals surface area (Å²) in [6.45, 7) is -0.0652. The van der Waals surface area contributed by atoms with Crippen LogP contribution in [0.15, 0.2) is 42.5 Å². The quantitative estimate of drug-likeness (QED) is 0.774. The third-order valence-corrected chi connectivity index (χ3v) is 3.41. The Morgan fingerprint density at radius 3 is 2.25 bits per heavy atom. The number of hydrogen-bond donors (Lipinski definition) is 0. The van der Waals surface area contributed by atoms with Gasteiger partial charge in [-0.3, -0.25) is 4.79 Å². The van der Waals surface area contributed by atoms with E-state index in [1.54, 1.807) is 43.5 Å². The molecule has 2 rings (SSSR count). The van der Waals surface area contributed by atoms with Gasteiger partial charge in [-0.1, -0.05) is 23.2 Å². The maximum atomic E-state index is 12.0. The summed E-state index contributed by atoms with van der Waals surface area (Å²) in [5.41, 5.74) is 0.466. The van der Waals surface area contributed by atoms with Gasteiger partial charge in [-0.25, -0.2) is 0 Å². The van der Waals surface area contributed by atoms with Crippen LogP contribution in [0, 0.1) is 0 Å². The van der Waals surface area contributed by atoms with Gasteiger partial charge in [0.15, 0.2) is 12.4 Å². The molecule has 20 heavy (non-hydrogen) atoms. The fourth-order valence-electron chi connectivity index (χ4n) is 1.57. The normalized spacial score (nSPS) is 10.2. The first-order valence-electron chi connectivity index (χ1n) is 5.85. The van der Waals surface area contributed by atoms with Gasteiger partial charge in [0.1, 0.15) is 11.5 Å². The summed E-state index contributed by atoms with van der Waals surface area (Å²) in [6.07, 6.45) is 0. The van der Waals surface area contributed by atoms with Crippen LogP contribution < -0.4 is 9.47 Å². The molecule has 0 N–H and O–H groups in total. The van der Waals surface area contributed by atoms with Gasteiger partial charge in [0.2, 0.25) is 0 Å². The van der Waals surface area contributed by atoms with E-state index in [1.165, 1.54) is 6.07 Å². The number of hydrogen-bond acceptors (Lipinski definition) is 3. The lowest BCUT2D eigenvalue weighted by atomic mass is 10.1. The zero-order valence-electron chi connectivity index (χ0n) is 10.7. The Bertz CT molecular complexity index is 609. The highest BCUT2D eigenvalue weighted by Crippen LogP contribution is 2.23. The highest BCUT2D eigenvalue weighted by molar-refractivity contribution is 6.42. The fraction of sp³-hybridized carbons (Fsp3) is 0.133. The fourth-order valence-corrected chi connectivity index (χ4v) is 1.87. The van der Waals surface area contributed by atoms with Crippen LogP contribution in [0.25, 0.3) is 0 Å². The lowest BCUT2D eigenvalue weighted by molar-refractivity contribution is 0.0921. The summed E-state index contributed by atoms with van der Waals surface area (Å²) in [6, 6.07) is 11.7. The summed E-state index contributed by atoms with van der Waals surface area (Å²) in [7, 11) is 1.59. The molecule has 0 amide bonds. The molecule has 0 aromatic heterocycles.